The van der Waals surface area contributed by atoms with Crippen molar-refractivity contribution in [1.82, 2.24) is 0 Å². The van der Waals surface area contributed by atoms with Crippen molar-refractivity contribution in [2.45, 2.75) is 25.7 Å². The first-order valence-corrected chi connectivity index (χ1v) is 4.45. The van der Waals surface area contributed by atoms with Gasteiger partial charge in [0.15, 0.2) is 0 Å². The number of unbranched alkanes of at least 4 members (excludes halogenated alkanes) is 6. The van der Waals surface area contributed by atoms with Crippen LogP contribution in [0.2, 0.25) is 0 Å². The van der Waals surface area contributed by atoms with Gasteiger partial charge in [-0.15, -0.1) is 0 Å². The van der Waals surface area contributed by atoms with Gasteiger partial charge in [0.1, 0.15) is 0 Å². The maximum absolute atomic E-state index is 3.62. The molecule has 0 aliphatic rings. The predicted molar refractivity (Wildman–Crippen MR) is 55.5 cm³/mol. The van der Waals surface area contributed by atoms with E-state index in [4.69, 9.17) is 0 Å². The average molecular weight is 221 g/mol. The fraction of sp³-hybridized carbons (Fsp3) is 0.333. The molecule has 0 spiro atoms. The summed E-state index contributed by atoms with van der Waals surface area (Å²) in [6.45, 7) is 7.25. The first-order chi connectivity index (χ1) is 5.91. The summed E-state index contributed by atoms with van der Waals surface area (Å²) in [6.07, 6.45) is 16.8. The summed E-state index contributed by atoms with van der Waals surface area (Å²) >= 11 is 0. The van der Waals surface area contributed by atoms with Crippen molar-refractivity contribution in [3.63, 3.8) is 0 Å². The summed E-state index contributed by atoms with van der Waals surface area (Å²) in [5.41, 5.74) is 0. The largest absolute Gasteiger partial charge is 0.0885 e. The fourth-order valence-electron chi connectivity index (χ4n) is 0.856. The maximum Gasteiger partial charge on any atom is 0 e. The molecule has 0 aromatic rings. The van der Waals surface area contributed by atoms with Crippen LogP contribution in [0.5, 0.6) is 0 Å². The Morgan fingerprint density at radius 3 is 1.38 bits per heavy atom. The zero-order valence-electron chi connectivity index (χ0n) is 8.02. The van der Waals surface area contributed by atoms with Crippen molar-refractivity contribution >= 4 is 0 Å². The molecule has 0 bridgehead atoms. The van der Waals surface area contributed by atoms with Crippen LogP contribution in [0.4, 0.5) is 0 Å². The molecule has 13 heavy (non-hydrogen) atoms. The van der Waals surface area contributed by atoms with E-state index >= 15 is 0 Å². The van der Waals surface area contributed by atoms with E-state index < -0.39 is 0 Å². The second-order valence-corrected chi connectivity index (χ2v) is 2.57. The molecule has 0 aliphatic carbocycles. The zero-order chi connectivity index (χ0) is 9.07. The molecule has 0 saturated heterocycles. The van der Waals surface area contributed by atoms with Crippen molar-refractivity contribution in [3.8, 4) is 0 Å². The molecule has 6 radical (unpaired) electrons. The average Bonchev–Trinajstić information content (AvgIpc) is 2.10. The van der Waals surface area contributed by atoms with Gasteiger partial charge in [-0.05, 0) is 65.2 Å². The predicted octanol–water partition coefficient (Wildman–Crippen LogP) is 3.59. The second kappa shape index (κ2) is 14.7. The fourth-order valence-corrected chi connectivity index (χ4v) is 0.856. The normalized spacial score (nSPS) is 10.3. The van der Waals surface area contributed by atoms with Crippen LogP contribution < -0.4 is 0 Å². The monoisotopic (exact) mass is 220 g/mol. The van der Waals surface area contributed by atoms with Crippen LogP contribution in [0.15, 0.2) is 12.2 Å². The van der Waals surface area contributed by atoms with E-state index in [1.807, 2.05) is 12.8 Å². The minimum atomic E-state index is 0. The minimum absolute atomic E-state index is 0. The van der Waals surface area contributed by atoms with Gasteiger partial charge in [-0.25, -0.2) is 0 Å². The molecule has 0 atom stereocenters. The standard InChI is InChI=1S/C12H18.Ni/c1-3-5-7-9-11-12-10-8-6-4-2;/h3-6,11-12H,1-2,7-10H2;/b12-11+;. The van der Waals surface area contributed by atoms with Crippen molar-refractivity contribution in [2.75, 3.05) is 0 Å². The second-order valence-electron chi connectivity index (χ2n) is 2.57. The Morgan fingerprint density at radius 2 is 1.08 bits per heavy atom. The first-order valence-electron chi connectivity index (χ1n) is 4.45. The summed E-state index contributed by atoms with van der Waals surface area (Å²) in [6, 6.07) is 0. The summed E-state index contributed by atoms with van der Waals surface area (Å²) in [7, 11) is 0. The smallest absolute Gasteiger partial charge is 0 e. The number of allylic oxidation sites excluding steroid dienone is 2. The molecule has 0 rings (SSSR count). The summed E-state index contributed by atoms with van der Waals surface area (Å²) in [5.74, 6) is 0. The molecule has 0 aromatic carbocycles. The quantitative estimate of drug-likeness (QED) is 0.333. The summed E-state index contributed by atoms with van der Waals surface area (Å²) < 4.78 is 0. The Morgan fingerprint density at radius 1 is 0.692 bits per heavy atom. The Bertz CT molecular complexity index is 85.3. The van der Waals surface area contributed by atoms with Gasteiger partial charge < -0.3 is 0 Å². The molecule has 0 fully saturated rings. The van der Waals surface area contributed by atoms with Gasteiger partial charge in [-0.2, -0.15) is 0 Å². The van der Waals surface area contributed by atoms with Crippen LogP contribution in [0.1, 0.15) is 25.7 Å². The van der Waals surface area contributed by atoms with Gasteiger partial charge in [0, 0.05) is 16.5 Å². The van der Waals surface area contributed by atoms with Crippen molar-refractivity contribution in [2.24, 2.45) is 0 Å². The van der Waals surface area contributed by atoms with Crippen molar-refractivity contribution in [3.05, 3.63) is 51.7 Å². The molecular weight excluding hydrogens is 203 g/mol. The first kappa shape index (κ1) is 15.7. The van der Waals surface area contributed by atoms with E-state index in [1.54, 1.807) is 0 Å². The van der Waals surface area contributed by atoms with Gasteiger partial charge >= 0.3 is 0 Å². The molecule has 0 N–H and O–H groups in total. The van der Waals surface area contributed by atoms with E-state index in [-0.39, 0.29) is 16.5 Å². The Kier molecular flexibility index (Phi) is 17.8. The summed E-state index contributed by atoms with van der Waals surface area (Å²) in [5, 5.41) is 0. The zero-order valence-corrected chi connectivity index (χ0v) is 9.01. The summed E-state index contributed by atoms with van der Waals surface area (Å²) in [4.78, 5) is 0. The third kappa shape index (κ3) is 15.0. The Hall–Kier alpha value is 0.234. The SMILES string of the molecule is [CH2][CH][CH]CC/C=C/CC[CH][CH][CH2].[Ni]. The van der Waals surface area contributed by atoms with Crippen molar-refractivity contribution in [1.29, 1.82) is 0 Å². The molecule has 0 heterocycles. The molecule has 0 aromatic heterocycles. The van der Waals surface area contributed by atoms with Crippen LogP contribution in [-0.4, -0.2) is 0 Å². The molecule has 0 aliphatic heterocycles. The maximum atomic E-state index is 3.62. The van der Waals surface area contributed by atoms with Gasteiger partial charge in [-0.1, -0.05) is 12.2 Å². The number of hydrogen-bond acceptors (Lipinski definition) is 0. The van der Waals surface area contributed by atoms with Gasteiger partial charge in [-0.3, -0.25) is 0 Å². The number of rotatable bonds is 8. The van der Waals surface area contributed by atoms with E-state index in [1.165, 1.54) is 0 Å². The third-order valence-corrected chi connectivity index (χ3v) is 1.50. The van der Waals surface area contributed by atoms with Gasteiger partial charge in [0.2, 0.25) is 0 Å². The Labute approximate surface area is 94.1 Å². The van der Waals surface area contributed by atoms with E-state index in [2.05, 4.69) is 38.8 Å². The molecule has 76 valence electrons. The van der Waals surface area contributed by atoms with Gasteiger partial charge in [0.25, 0.3) is 0 Å². The van der Waals surface area contributed by atoms with Crippen LogP contribution in [0.3, 0.4) is 0 Å². The van der Waals surface area contributed by atoms with Crippen LogP contribution in [0, 0.1) is 39.5 Å². The Balaban J connectivity index is 0. The number of hydrogen-bond donors (Lipinski definition) is 0. The van der Waals surface area contributed by atoms with Crippen LogP contribution in [-0.2, 0) is 16.5 Å². The molecule has 0 unspecified atom stereocenters. The van der Waals surface area contributed by atoms with Gasteiger partial charge in [0.05, 0.1) is 0 Å². The molecule has 1 heteroatoms. The van der Waals surface area contributed by atoms with Crippen LogP contribution in [0.25, 0.3) is 0 Å². The van der Waals surface area contributed by atoms with E-state index in [9.17, 15) is 0 Å². The molecule has 0 amide bonds. The third-order valence-electron chi connectivity index (χ3n) is 1.50. The topological polar surface area (TPSA) is 0 Å². The van der Waals surface area contributed by atoms with Crippen molar-refractivity contribution < 1.29 is 16.5 Å². The molecule has 0 nitrogen and oxygen atoms in total. The van der Waals surface area contributed by atoms with E-state index in [0.717, 1.165) is 25.7 Å². The van der Waals surface area contributed by atoms with E-state index in [0.29, 0.717) is 0 Å². The van der Waals surface area contributed by atoms with Crippen LogP contribution >= 0.6 is 0 Å². The molecule has 0 saturated carbocycles. The minimum Gasteiger partial charge on any atom is -0.0885 e. The molecular formula is C12H18Ni.